The van der Waals surface area contributed by atoms with Crippen LogP contribution in [0.3, 0.4) is 0 Å². The third kappa shape index (κ3) is 2.28. The predicted molar refractivity (Wildman–Crippen MR) is 64.4 cm³/mol. The molecule has 0 saturated carbocycles. The number of halogens is 5. The molecule has 7 heteroatoms. The molecule has 21 heavy (non-hydrogen) atoms. The number of hydrogen-bond acceptors (Lipinski definition) is 2. The molecule has 0 unspecified atom stereocenters. The average molecular weight is 301 g/mol. The predicted octanol–water partition coefficient (Wildman–Crippen LogP) is 3.74. The number of hydrogen-bond donors (Lipinski definition) is 0. The first kappa shape index (κ1) is 13.7. The van der Waals surface area contributed by atoms with Crippen LogP contribution in [0.25, 0.3) is 0 Å². The Morgan fingerprint density at radius 2 is 1.67 bits per heavy atom. The molecule has 0 bridgehead atoms. The van der Waals surface area contributed by atoms with Gasteiger partial charge in [-0.1, -0.05) is 0 Å². The summed E-state index contributed by atoms with van der Waals surface area (Å²) in [7, 11) is 0. The summed E-state index contributed by atoms with van der Waals surface area (Å²) < 4.78 is 71.7. The van der Waals surface area contributed by atoms with Gasteiger partial charge in [0.25, 0.3) is 0 Å². The minimum Gasteiger partial charge on any atom is -0.473 e. The lowest BCUT2D eigenvalue weighted by Crippen LogP contribution is -2.33. The van der Waals surface area contributed by atoms with Crippen LogP contribution < -0.4 is 9.64 Å². The smallest absolute Gasteiger partial charge is 0.195 e. The van der Waals surface area contributed by atoms with E-state index in [2.05, 4.69) is 0 Å². The number of fused-ring (bicyclic) bond motifs is 1. The Kier molecular flexibility index (Phi) is 3.19. The van der Waals surface area contributed by atoms with Crippen molar-refractivity contribution in [2.45, 2.75) is 6.54 Å². The second-order valence-electron chi connectivity index (χ2n) is 4.53. The molecule has 0 aromatic heterocycles. The van der Waals surface area contributed by atoms with Crippen LogP contribution in [0.1, 0.15) is 5.56 Å². The molecule has 0 atom stereocenters. The van der Waals surface area contributed by atoms with Crippen LogP contribution in [-0.4, -0.2) is 6.73 Å². The first-order valence-electron chi connectivity index (χ1n) is 5.96. The zero-order chi connectivity index (χ0) is 15.1. The Morgan fingerprint density at radius 3 is 2.38 bits per heavy atom. The van der Waals surface area contributed by atoms with Crippen LogP contribution in [0.15, 0.2) is 24.3 Å². The number of benzene rings is 2. The van der Waals surface area contributed by atoms with Crippen molar-refractivity contribution in [3.63, 3.8) is 0 Å². The summed E-state index contributed by atoms with van der Waals surface area (Å²) >= 11 is 0. The maximum atomic E-state index is 13.7. The summed E-state index contributed by atoms with van der Waals surface area (Å²) in [5.74, 6) is -6.09. The van der Waals surface area contributed by atoms with E-state index in [1.807, 2.05) is 0 Å². The molecular formula is C14H8F5NO. The molecule has 0 saturated heterocycles. The first-order valence-corrected chi connectivity index (χ1v) is 5.96. The van der Waals surface area contributed by atoms with E-state index in [4.69, 9.17) is 4.74 Å². The fourth-order valence-corrected chi connectivity index (χ4v) is 2.16. The first-order chi connectivity index (χ1) is 9.97. The summed E-state index contributed by atoms with van der Waals surface area (Å²) in [5, 5.41) is 0. The van der Waals surface area contributed by atoms with Crippen molar-refractivity contribution in [2.24, 2.45) is 0 Å². The molecule has 0 radical (unpaired) electrons. The van der Waals surface area contributed by atoms with Crippen molar-refractivity contribution in [1.82, 2.24) is 0 Å². The van der Waals surface area contributed by atoms with Gasteiger partial charge in [-0.25, -0.2) is 22.0 Å². The highest BCUT2D eigenvalue weighted by molar-refractivity contribution is 5.51. The molecule has 2 aromatic carbocycles. The molecule has 0 aliphatic carbocycles. The van der Waals surface area contributed by atoms with Gasteiger partial charge in [0.05, 0.1) is 17.8 Å². The second-order valence-corrected chi connectivity index (χ2v) is 4.53. The Labute approximate surface area is 116 Å². The van der Waals surface area contributed by atoms with Crippen LogP contribution in [0.5, 0.6) is 5.75 Å². The third-order valence-electron chi connectivity index (χ3n) is 3.20. The van der Waals surface area contributed by atoms with E-state index in [1.165, 1.54) is 4.90 Å². The lowest BCUT2D eigenvalue weighted by atomic mass is 10.1. The summed E-state index contributed by atoms with van der Waals surface area (Å²) in [5.41, 5.74) is -0.241. The normalized spacial score (nSPS) is 13.9. The van der Waals surface area contributed by atoms with E-state index in [0.717, 1.165) is 18.2 Å². The lowest BCUT2D eigenvalue weighted by molar-refractivity contribution is 0.277. The van der Waals surface area contributed by atoms with Crippen LogP contribution in [0.4, 0.5) is 27.6 Å². The summed E-state index contributed by atoms with van der Waals surface area (Å²) in [4.78, 5) is 1.25. The van der Waals surface area contributed by atoms with Gasteiger partial charge in [0.2, 0.25) is 0 Å². The topological polar surface area (TPSA) is 12.5 Å². The van der Waals surface area contributed by atoms with Crippen molar-refractivity contribution < 1.29 is 26.7 Å². The van der Waals surface area contributed by atoms with E-state index >= 15 is 0 Å². The summed E-state index contributed by atoms with van der Waals surface area (Å²) in [6.45, 7) is -0.416. The largest absolute Gasteiger partial charge is 0.473 e. The maximum Gasteiger partial charge on any atom is 0.195 e. The molecule has 0 fully saturated rings. The minimum atomic E-state index is -1.61. The second kappa shape index (κ2) is 4.91. The molecule has 0 amide bonds. The number of rotatable bonds is 1. The lowest BCUT2D eigenvalue weighted by Gasteiger charge is -2.31. The zero-order valence-electron chi connectivity index (χ0n) is 10.5. The molecular weight excluding hydrogens is 293 g/mol. The fraction of sp³-hybridized carbons (Fsp3) is 0.143. The molecule has 1 heterocycles. The minimum absolute atomic E-state index is 0.0221. The van der Waals surface area contributed by atoms with Crippen molar-refractivity contribution in [1.29, 1.82) is 0 Å². The van der Waals surface area contributed by atoms with E-state index < -0.39 is 29.1 Å². The van der Waals surface area contributed by atoms with E-state index in [1.54, 1.807) is 0 Å². The van der Waals surface area contributed by atoms with Crippen molar-refractivity contribution in [3.05, 3.63) is 58.9 Å². The monoisotopic (exact) mass is 301 g/mol. The molecule has 1 aliphatic rings. The van der Waals surface area contributed by atoms with E-state index in [-0.39, 0.29) is 30.3 Å². The Balaban J connectivity index is 1.99. The summed E-state index contributed by atoms with van der Waals surface area (Å²) in [6.07, 6.45) is 0. The average Bonchev–Trinajstić information content (AvgIpc) is 2.45. The van der Waals surface area contributed by atoms with Gasteiger partial charge in [0.1, 0.15) is 17.4 Å². The highest BCUT2D eigenvalue weighted by Gasteiger charge is 2.27. The fourth-order valence-electron chi connectivity index (χ4n) is 2.16. The molecule has 2 aromatic rings. The van der Waals surface area contributed by atoms with Gasteiger partial charge in [-0.15, -0.1) is 0 Å². The van der Waals surface area contributed by atoms with Gasteiger partial charge in [-0.2, -0.15) is 0 Å². The highest BCUT2D eigenvalue weighted by atomic mass is 19.2. The SMILES string of the molecule is Fc1ccc(N2COc3cc(F)c(F)c(F)c3C2)c(F)c1. The van der Waals surface area contributed by atoms with Crippen molar-refractivity contribution in [3.8, 4) is 5.75 Å². The van der Waals surface area contributed by atoms with Crippen molar-refractivity contribution in [2.75, 3.05) is 11.6 Å². The summed E-state index contributed by atoms with van der Waals surface area (Å²) in [6, 6.07) is 3.62. The highest BCUT2D eigenvalue weighted by Crippen LogP contribution is 2.33. The van der Waals surface area contributed by atoms with Gasteiger partial charge < -0.3 is 9.64 Å². The third-order valence-corrected chi connectivity index (χ3v) is 3.20. The number of nitrogens with zero attached hydrogens (tertiary/aromatic N) is 1. The molecule has 2 nitrogen and oxygen atoms in total. The molecule has 110 valence electrons. The van der Waals surface area contributed by atoms with Crippen molar-refractivity contribution >= 4 is 5.69 Å². The Morgan fingerprint density at radius 1 is 0.905 bits per heavy atom. The zero-order valence-corrected chi connectivity index (χ0v) is 10.5. The van der Waals surface area contributed by atoms with Gasteiger partial charge in [0.15, 0.2) is 24.2 Å². The van der Waals surface area contributed by atoms with E-state index in [9.17, 15) is 22.0 Å². The molecule has 1 aliphatic heterocycles. The Bertz CT molecular complexity index is 719. The number of ether oxygens (including phenoxy) is 1. The van der Waals surface area contributed by atoms with Gasteiger partial charge in [0, 0.05) is 12.1 Å². The standard InChI is InChI=1S/C14H8F5NO/c15-7-1-2-11(9(16)3-7)20-5-8-12(21-6-20)4-10(17)14(19)13(8)18/h1-4H,5-6H2. The molecule has 0 spiro atoms. The van der Waals surface area contributed by atoms with Crippen LogP contribution >= 0.6 is 0 Å². The molecule has 0 N–H and O–H groups in total. The van der Waals surface area contributed by atoms with Gasteiger partial charge in [-0.3, -0.25) is 0 Å². The van der Waals surface area contributed by atoms with Crippen LogP contribution in [0, 0.1) is 29.1 Å². The quantitative estimate of drug-likeness (QED) is 0.588. The van der Waals surface area contributed by atoms with Crippen LogP contribution in [0.2, 0.25) is 0 Å². The van der Waals surface area contributed by atoms with E-state index in [0.29, 0.717) is 6.07 Å². The van der Waals surface area contributed by atoms with Crippen LogP contribution in [-0.2, 0) is 6.54 Å². The van der Waals surface area contributed by atoms with Gasteiger partial charge >= 0.3 is 0 Å². The van der Waals surface area contributed by atoms with Gasteiger partial charge in [-0.05, 0) is 12.1 Å². The maximum absolute atomic E-state index is 13.7. The Hall–Kier alpha value is -2.31. The number of anilines is 1. The molecule has 3 rings (SSSR count).